The summed E-state index contributed by atoms with van der Waals surface area (Å²) in [5.74, 6) is -0.0258. The van der Waals surface area contributed by atoms with Crippen molar-refractivity contribution in [3.8, 4) is 33.8 Å². The van der Waals surface area contributed by atoms with E-state index in [9.17, 15) is 9.59 Å². The van der Waals surface area contributed by atoms with E-state index in [4.69, 9.17) is 31.3 Å². The van der Waals surface area contributed by atoms with Crippen LogP contribution in [0.1, 0.15) is 37.9 Å². The summed E-state index contributed by atoms with van der Waals surface area (Å²) in [6.45, 7) is 2.39. The van der Waals surface area contributed by atoms with E-state index in [1.807, 2.05) is 84.9 Å². The van der Waals surface area contributed by atoms with Gasteiger partial charge in [0, 0.05) is 10.8 Å². The summed E-state index contributed by atoms with van der Waals surface area (Å²) >= 11 is 7.87. The molecular weight excluding hydrogens is 656 g/mol. The molecule has 4 aromatic carbocycles. The molecule has 6 aromatic rings. The summed E-state index contributed by atoms with van der Waals surface area (Å²) < 4.78 is 10.4. The summed E-state index contributed by atoms with van der Waals surface area (Å²) in [6.07, 6.45) is 0. The number of benzene rings is 4. The Balaban J connectivity index is 0.000000171. The van der Waals surface area contributed by atoms with Crippen LogP contribution in [0.4, 0.5) is 0 Å². The number of hydrogen-bond donors (Lipinski definition) is 2. The van der Waals surface area contributed by atoms with Gasteiger partial charge in [-0.3, -0.25) is 0 Å². The van der Waals surface area contributed by atoms with Gasteiger partial charge in [-0.2, -0.15) is 0 Å². The third-order valence-corrected chi connectivity index (χ3v) is 8.22. The lowest BCUT2D eigenvalue weighted by Crippen LogP contribution is -2.03. The highest BCUT2D eigenvalue weighted by Gasteiger charge is 2.11. The highest BCUT2D eigenvalue weighted by Crippen LogP contribution is 2.23. The van der Waals surface area contributed by atoms with E-state index < -0.39 is 5.97 Å². The molecule has 240 valence electrons. The molecule has 8 nitrogen and oxygen atoms in total. The Labute approximate surface area is 285 Å². The van der Waals surface area contributed by atoms with Crippen LogP contribution in [0.15, 0.2) is 120 Å². The number of esters is 1. The number of ether oxygens (including phenoxy) is 2. The molecule has 0 aliphatic carbocycles. The van der Waals surface area contributed by atoms with Crippen molar-refractivity contribution >= 4 is 46.2 Å². The maximum absolute atomic E-state index is 11.1. The molecule has 0 bridgehead atoms. The van der Waals surface area contributed by atoms with Gasteiger partial charge in [0.25, 0.3) is 0 Å². The van der Waals surface area contributed by atoms with Crippen LogP contribution >= 0.6 is 34.3 Å². The van der Waals surface area contributed by atoms with Crippen molar-refractivity contribution in [2.24, 2.45) is 0 Å². The Morgan fingerprint density at radius 3 is 1.68 bits per heavy atom. The van der Waals surface area contributed by atoms with Gasteiger partial charge in [-0.25, -0.2) is 19.6 Å². The smallest absolute Gasteiger partial charge is 0.367 e. The predicted molar refractivity (Wildman–Crippen MR) is 186 cm³/mol. The molecular formula is C36H31ClN2O6S2. The Morgan fingerprint density at radius 2 is 1.19 bits per heavy atom. The number of carbonyl (C=O) groups excluding carboxylic acids is 1. The number of hydrogen-bond acceptors (Lipinski definition) is 9. The van der Waals surface area contributed by atoms with E-state index in [2.05, 4.69) is 22.1 Å². The first-order valence-electron chi connectivity index (χ1n) is 14.3. The molecule has 0 atom stereocenters. The van der Waals surface area contributed by atoms with Gasteiger partial charge in [0.2, 0.25) is 10.0 Å². The van der Waals surface area contributed by atoms with Gasteiger partial charge < -0.3 is 19.7 Å². The lowest BCUT2D eigenvalue weighted by Gasteiger charge is -2.06. The molecule has 6 rings (SSSR count). The number of thiazole rings is 2. The minimum Gasteiger partial charge on any atom is -0.508 e. The number of aromatic hydroxyl groups is 1. The number of rotatable bonds is 9. The normalized spacial score (nSPS) is 10.1. The second-order valence-electron chi connectivity index (χ2n) is 9.54. The fourth-order valence-corrected chi connectivity index (χ4v) is 5.52. The molecule has 0 aliphatic rings. The van der Waals surface area contributed by atoms with E-state index in [0.717, 1.165) is 33.8 Å². The quantitative estimate of drug-likeness (QED) is 0.114. The summed E-state index contributed by atoms with van der Waals surface area (Å²) in [5.41, 5.74) is 5.90. The topological polar surface area (TPSA) is 119 Å². The third-order valence-electron chi connectivity index (χ3n) is 6.20. The number of carboxylic acids is 1. The number of halogens is 1. The van der Waals surface area contributed by atoms with Gasteiger partial charge in [0.1, 0.15) is 18.1 Å². The molecule has 2 heterocycles. The number of carboxylic acid groups (broad SMARTS) is 1. The van der Waals surface area contributed by atoms with Crippen molar-refractivity contribution < 1.29 is 29.3 Å². The van der Waals surface area contributed by atoms with Gasteiger partial charge in [0.05, 0.1) is 23.9 Å². The number of nitrogens with zero attached hydrogens (tertiary/aromatic N) is 2. The van der Waals surface area contributed by atoms with E-state index in [1.165, 1.54) is 16.9 Å². The second-order valence-corrected chi connectivity index (χ2v) is 11.5. The molecule has 0 aliphatic heterocycles. The van der Waals surface area contributed by atoms with Crippen LogP contribution in [0.25, 0.3) is 22.3 Å². The summed E-state index contributed by atoms with van der Waals surface area (Å²) in [6, 6.07) is 35.2. The number of aromatic carboxylic acids is 1. The monoisotopic (exact) mass is 686 g/mol. The molecule has 2 aromatic heterocycles. The van der Waals surface area contributed by atoms with Crippen molar-refractivity contribution in [3.05, 3.63) is 141 Å². The molecule has 0 fully saturated rings. The zero-order valence-corrected chi connectivity index (χ0v) is 27.7. The van der Waals surface area contributed by atoms with Crippen molar-refractivity contribution in [3.63, 3.8) is 0 Å². The zero-order valence-electron chi connectivity index (χ0n) is 25.3. The summed E-state index contributed by atoms with van der Waals surface area (Å²) in [4.78, 5) is 29.8. The number of phenolic OH excluding ortho intramolecular Hbond substituents is 1. The first kappa shape index (κ1) is 34.8. The average molecular weight is 687 g/mol. The Kier molecular flexibility index (Phi) is 13.5. The minimum absolute atomic E-state index is 0.0815. The predicted octanol–water partition coefficient (Wildman–Crippen LogP) is 9.21. The maximum atomic E-state index is 11.1. The number of alkyl halides is 1. The highest BCUT2D eigenvalue weighted by atomic mass is 35.5. The lowest BCUT2D eigenvalue weighted by atomic mass is 10.1. The van der Waals surface area contributed by atoms with Crippen LogP contribution in [-0.2, 0) is 17.2 Å². The van der Waals surface area contributed by atoms with Crippen molar-refractivity contribution in [2.75, 3.05) is 6.61 Å². The van der Waals surface area contributed by atoms with Gasteiger partial charge >= 0.3 is 11.9 Å². The molecule has 0 saturated carbocycles. The number of phenols is 1. The van der Waals surface area contributed by atoms with Crippen molar-refractivity contribution in [2.45, 2.75) is 19.4 Å². The fourth-order valence-electron chi connectivity index (χ4n) is 3.94. The summed E-state index contributed by atoms with van der Waals surface area (Å²) in [7, 11) is 0. The van der Waals surface area contributed by atoms with E-state index >= 15 is 0 Å². The van der Waals surface area contributed by atoms with E-state index in [-0.39, 0.29) is 17.6 Å². The first-order valence-corrected chi connectivity index (χ1v) is 16.6. The van der Waals surface area contributed by atoms with Crippen molar-refractivity contribution in [1.29, 1.82) is 0 Å². The van der Waals surface area contributed by atoms with Gasteiger partial charge in [-0.15, -0.1) is 34.3 Å². The zero-order chi connectivity index (χ0) is 33.4. The van der Waals surface area contributed by atoms with Crippen LogP contribution in [0.3, 0.4) is 0 Å². The van der Waals surface area contributed by atoms with Crippen molar-refractivity contribution in [1.82, 2.24) is 9.97 Å². The molecule has 0 unspecified atom stereocenters. The fraction of sp³-hybridized carbons (Fsp3) is 0.111. The van der Waals surface area contributed by atoms with Crippen LogP contribution in [0.2, 0.25) is 0 Å². The van der Waals surface area contributed by atoms with Gasteiger partial charge in [0.15, 0.2) is 0 Å². The standard InChI is InChI=1S/C17H13NO3S.C12H10O.C7H8ClNO2S/c19-17(20)16-18-14(11-22-16)10-21-15-8-6-13(7-9-15)12-4-2-1-3-5-12;13-12-8-6-11(7-9-12)10-4-2-1-3-5-10;1-2-11-7(10)6-9-5(3-8)4-12-6/h1-9,11H,10H2,(H,19,20);1-9,13H;4H,2-3H2,1H3. The number of carbonyl (C=O) groups is 2. The molecule has 0 radical (unpaired) electrons. The Bertz CT molecular complexity index is 1830. The lowest BCUT2D eigenvalue weighted by molar-refractivity contribution is 0.0525. The largest absolute Gasteiger partial charge is 0.508 e. The molecule has 0 amide bonds. The average Bonchev–Trinajstić information content (AvgIpc) is 3.80. The van der Waals surface area contributed by atoms with Crippen LogP contribution < -0.4 is 4.74 Å². The van der Waals surface area contributed by atoms with Gasteiger partial charge in [-0.05, 0) is 53.4 Å². The third kappa shape index (κ3) is 11.1. The first-order chi connectivity index (χ1) is 22.9. The second kappa shape index (κ2) is 18.2. The van der Waals surface area contributed by atoms with Crippen LogP contribution in [0.5, 0.6) is 11.5 Å². The number of aromatic nitrogens is 2. The minimum atomic E-state index is -1.01. The van der Waals surface area contributed by atoms with Crippen LogP contribution in [-0.4, -0.2) is 38.7 Å². The molecule has 0 spiro atoms. The maximum Gasteiger partial charge on any atom is 0.367 e. The van der Waals surface area contributed by atoms with Gasteiger partial charge in [-0.1, -0.05) is 84.9 Å². The SMILES string of the molecule is CCOC(=O)c1nc(CCl)cs1.O=C(O)c1nc(COc2ccc(-c3ccccc3)cc2)cs1.Oc1ccc(-c2ccccc2)cc1. The van der Waals surface area contributed by atoms with E-state index in [1.54, 1.807) is 29.8 Å². The Hall–Kier alpha value is -5.03. The van der Waals surface area contributed by atoms with E-state index in [0.29, 0.717) is 34.6 Å². The summed E-state index contributed by atoms with van der Waals surface area (Å²) in [5, 5.41) is 21.8. The highest BCUT2D eigenvalue weighted by molar-refractivity contribution is 7.12. The molecule has 2 N–H and O–H groups in total. The molecule has 0 saturated heterocycles. The Morgan fingerprint density at radius 1 is 0.702 bits per heavy atom. The van der Waals surface area contributed by atoms with Crippen LogP contribution in [0, 0.1) is 0 Å². The molecule has 47 heavy (non-hydrogen) atoms. The molecule has 11 heteroatoms.